The van der Waals surface area contributed by atoms with Gasteiger partial charge in [-0.2, -0.15) is 0 Å². The molecule has 0 amide bonds. The van der Waals surface area contributed by atoms with Gasteiger partial charge < -0.3 is 5.11 Å². The van der Waals surface area contributed by atoms with Crippen LogP contribution in [0.25, 0.3) is 10.8 Å². The number of rotatable bonds is 4. The Labute approximate surface area is 103 Å². The van der Waals surface area contributed by atoms with Crippen LogP contribution in [0.5, 0.6) is 5.75 Å². The molecule has 1 N–H and O–H groups in total. The Kier molecular flexibility index (Phi) is 3.68. The van der Waals surface area contributed by atoms with Gasteiger partial charge in [-0.25, -0.2) is 0 Å². The maximum absolute atomic E-state index is 10.1. The molecule has 90 valence electrons. The van der Waals surface area contributed by atoms with Crippen LogP contribution >= 0.6 is 0 Å². The van der Waals surface area contributed by atoms with E-state index in [1.54, 1.807) is 0 Å². The van der Waals surface area contributed by atoms with Crippen molar-refractivity contribution in [1.82, 2.24) is 0 Å². The lowest BCUT2D eigenvalue weighted by molar-refractivity contribution is 0.467. The molecule has 0 aliphatic rings. The van der Waals surface area contributed by atoms with Crippen molar-refractivity contribution in [2.24, 2.45) is 0 Å². The number of aryl methyl sites for hydroxylation is 1. The van der Waals surface area contributed by atoms with Crippen molar-refractivity contribution in [2.75, 3.05) is 0 Å². The van der Waals surface area contributed by atoms with Gasteiger partial charge in [0.1, 0.15) is 5.75 Å². The van der Waals surface area contributed by atoms with E-state index in [1.807, 2.05) is 12.1 Å². The highest BCUT2D eigenvalue weighted by atomic mass is 16.3. The minimum Gasteiger partial charge on any atom is -0.508 e. The molecular weight excluding hydrogens is 208 g/mol. The average molecular weight is 228 g/mol. The zero-order chi connectivity index (χ0) is 12.3. The number of benzene rings is 2. The highest BCUT2D eigenvalue weighted by molar-refractivity contribution is 5.88. The van der Waals surface area contributed by atoms with Crippen molar-refractivity contribution < 1.29 is 5.11 Å². The molecule has 0 saturated carbocycles. The molecule has 0 spiro atoms. The van der Waals surface area contributed by atoms with Gasteiger partial charge in [-0.1, -0.05) is 51.0 Å². The van der Waals surface area contributed by atoms with Crippen LogP contribution in [0, 0.1) is 0 Å². The molecule has 17 heavy (non-hydrogen) atoms. The lowest BCUT2D eigenvalue weighted by Gasteiger charge is -2.14. The van der Waals surface area contributed by atoms with Gasteiger partial charge in [0.2, 0.25) is 0 Å². The molecule has 2 aromatic carbocycles. The number of phenols is 1. The van der Waals surface area contributed by atoms with Gasteiger partial charge in [-0.3, -0.25) is 0 Å². The minimum absolute atomic E-state index is 0.467. The second kappa shape index (κ2) is 5.22. The SMILES string of the molecule is CCCc1c(O)cc2ccccc2c1CCC. The lowest BCUT2D eigenvalue weighted by atomic mass is 9.92. The van der Waals surface area contributed by atoms with Gasteiger partial charge in [0.15, 0.2) is 0 Å². The summed E-state index contributed by atoms with van der Waals surface area (Å²) < 4.78 is 0. The van der Waals surface area contributed by atoms with Gasteiger partial charge in [-0.05, 0) is 40.8 Å². The Morgan fingerprint density at radius 1 is 0.941 bits per heavy atom. The Balaban J connectivity index is 2.69. The van der Waals surface area contributed by atoms with Crippen LogP contribution in [0.4, 0.5) is 0 Å². The summed E-state index contributed by atoms with van der Waals surface area (Å²) in [4.78, 5) is 0. The quantitative estimate of drug-likeness (QED) is 0.819. The van der Waals surface area contributed by atoms with E-state index in [0.29, 0.717) is 5.75 Å². The standard InChI is InChI=1S/C16H20O/c1-3-7-14-13-10-6-5-9-12(13)11-16(17)15(14)8-4-2/h5-6,9-11,17H,3-4,7-8H2,1-2H3. The van der Waals surface area contributed by atoms with E-state index in [2.05, 4.69) is 32.0 Å². The highest BCUT2D eigenvalue weighted by Crippen LogP contribution is 2.32. The molecule has 0 heterocycles. The second-order valence-electron chi connectivity index (χ2n) is 4.57. The van der Waals surface area contributed by atoms with Gasteiger partial charge in [0.05, 0.1) is 0 Å². The number of phenolic OH excluding ortho intramolecular Hbond substituents is 1. The summed E-state index contributed by atoms with van der Waals surface area (Å²) in [7, 11) is 0. The first-order valence-corrected chi connectivity index (χ1v) is 6.50. The Morgan fingerprint density at radius 2 is 1.59 bits per heavy atom. The largest absolute Gasteiger partial charge is 0.508 e. The van der Waals surface area contributed by atoms with Crippen molar-refractivity contribution in [1.29, 1.82) is 0 Å². The molecule has 0 aliphatic carbocycles. The van der Waals surface area contributed by atoms with Crippen molar-refractivity contribution in [3.8, 4) is 5.75 Å². The molecule has 0 atom stereocenters. The van der Waals surface area contributed by atoms with Crippen LogP contribution in [-0.4, -0.2) is 5.11 Å². The molecule has 0 aliphatic heterocycles. The fraction of sp³-hybridized carbons (Fsp3) is 0.375. The Hall–Kier alpha value is -1.50. The van der Waals surface area contributed by atoms with Gasteiger partial charge >= 0.3 is 0 Å². The van der Waals surface area contributed by atoms with Crippen LogP contribution in [0.1, 0.15) is 37.8 Å². The van der Waals surface area contributed by atoms with E-state index in [4.69, 9.17) is 0 Å². The average Bonchev–Trinajstić information content (AvgIpc) is 2.34. The molecule has 0 radical (unpaired) electrons. The van der Waals surface area contributed by atoms with Crippen molar-refractivity contribution in [3.63, 3.8) is 0 Å². The maximum Gasteiger partial charge on any atom is 0.119 e. The maximum atomic E-state index is 10.1. The zero-order valence-electron chi connectivity index (χ0n) is 10.7. The predicted molar refractivity (Wildman–Crippen MR) is 73.6 cm³/mol. The molecule has 1 heteroatoms. The molecule has 0 saturated heterocycles. The fourth-order valence-corrected chi connectivity index (χ4v) is 2.51. The number of fused-ring (bicyclic) bond motifs is 1. The first kappa shape index (κ1) is 12.0. The minimum atomic E-state index is 0.467. The molecule has 0 unspecified atom stereocenters. The van der Waals surface area contributed by atoms with E-state index in [9.17, 15) is 5.11 Å². The fourth-order valence-electron chi connectivity index (χ4n) is 2.51. The van der Waals surface area contributed by atoms with Crippen molar-refractivity contribution in [3.05, 3.63) is 41.5 Å². The lowest BCUT2D eigenvalue weighted by Crippen LogP contribution is -1.96. The third-order valence-electron chi connectivity index (χ3n) is 3.25. The molecular formula is C16H20O. The summed E-state index contributed by atoms with van der Waals surface area (Å²) in [5, 5.41) is 12.6. The highest BCUT2D eigenvalue weighted by Gasteiger charge is 2.11. The van der Waals surface area contributed by atoms with E-state index in [1.165, 1.54) is 10.9 Å². The zero-order valence-corrected chi connectivity index (χ0v) is 10.7. The van der Waals surface area contributed by atoms with Gasteiger partial charge in [0, 0.05) is 0 Å². The molecule has 1 nitrogen and oxygen atoms in total. The summed E-state index contributed by atoms with van der Waals surface area (Å²) in [6, 6.07) is 10.2. The molecule has 0 fully saturated rings. The first-order valence-electron chi connectivity index (χ1n) is 6.50. The summed E-state index contributed by atoms with van der Waals surface area (Å²) in [5.74, 6) is 0.467. The van der Waals surface area contributed by atoms with E-state index < -0.39 is 0 Å². The number of hydrogen-bond donors (Lipinski definition) is 1. The van der Waals surface area contributed by atoms with Crippen LogP contribution in [0.2, 0.25) is 0 Å². The van der Waals surface area contributed by atoms with Crippen LogP contribution < -0.4 is 0 Å². The van der Waals surface area contributed by atoms with Gasteiger partial charge in [-0.15, -0.1) is 0 Å². The third kappa shape index (κ3) is 2.28. The third-order valence-corrected chi connectivity index (χ3v) is 3.25. The van der Waals surface area contributed by atoms with Crippen LogP contribution in [-0.2, 0) is 12.8 Å². The Bertz CT molecular complexity index is 514. The Morgan fingerprint density at radius 3 is 2.29 bits per heavy atom. The summed E-state index contributed by atoms with van der Waals surface area (Å²) >= 11 is 0. The summed E-state index contributed by atoms with van der Waals surface area (Å²) in [6.07, 6.45) is 4.20. The second-order valence-corrected chi connectivity index (χ2v) is 4.57. The van der Waals surface area contributed by atoms with E-state index >= 15 is 0 Å². The molecule has 0 bridgehead atoms. The monoisotopic (exact) mass is 228 g/mol. The van der Waals surface area contributed by atoms with Crippen molar-refractivity contribution >= 4 is 10.8 Å². The van der Waals surface area contributed by atoms with Crippen LogP contribution in [0.3, 0.4) is 0 Å². The number of hydrogen-bond acceptors (Lipinski definition) is 1. The smallest absolute Gasteiger partial charge is 0.119 e. The summed E-state index contributed by atoms with van der Waals surface area (Å²) in [5.41, 5.74) is 2.48. The molecule has 2 rings (SSSR count). The summed E-state index contributed by atoms with van der Waals surface area (Å²) in [6.45, 7) is 4.35. The van der Waals surface area contributed by atoms with Crippen molar-refractivity contribution in [2.45, 2.75) is 39.5 Å². The molecule has 2 aromatic rings. The molecule has 0 aromatic heterocycles. The first-order chi connectivity index (χ1) is 8.27. The normalized spacial score (nSPS) is 10.9. The predicted octanol–water partition coefficient (Wildman–Crippen LogP) is 4.45. The van der Waals surface area contributed by atoms with E-state index in [-0.39, 0.29) is 0 Å². The van der Waals surface area contributed by atoms with Crippen LogP contribution in [0.15, 0.2) is 30.3 Å². The topological polar surface area (TPSA) is 20.2 Å². The number of aromatic hydroxyl groups is 1. The van der Waals surface area contributed by atoms with Gasteiger partial charge in [0.25, 0.3) is 0 Å². The van der Waals surface area contributed by atoms with E-state index in [0.717, 1.165) is 36.6 Å².